The number of hydrogen-bond donors (Lipinski definition) is 1. The van der Waals surface area contributed by atoms with Crippen molar-refractivity contribution in [1.29, 1.82) is 0 Å². The van der Waals surface area contributed by atoms with Crippen molar-refractivity contribution in [1.82, 2.24) is 10.2 Å². The molecule has 2 heterocycles. The predicted molar refractivity (Wildman–Crippen MR) is 100 cm³/mol. The number of aryl methyl sites for hydroxylation is 2. The maximum atomic E-state index is 12.2. The molecule has 1 aromatic carbocycles. The number of benzene rings is 1. The summed E-state index contributed by atoms with van der Waals surface area (Å²) in [4.78, 5) is 17.3. The number of thiophene rings is 1. The highest BCUT2D eigenvalue weighted by Gasteiger charge is 2.28. The smallest absolute Gasteiger partial charge is 0.234 e. The number of carbonyl (C=O) groups is 1. The van der Waals surface area contributed by atoms with Crippen molar-refractivity contribution in [3.63, 3.8) is 0 Å². The molecule has 4 heteroatoms. The molecule has 1 unspecified atom stereocenters. The number of likely N-dealkylation sites (tertiary alicyclic amines) is 1. The molecule has 128 valence electrons. The number of rotatable bonds is 7. The van der Waals surface area contributed by atoms with Gasteiger partial charge in [0.15, 0.2) is 0 Å². The molecule has 2 aromatic rings. The zero-order valence-corrected chi connectivity index (χ0v) is 15.1. The Balaban J connectivity index is 1.41. The summed E-state index contributed by atoms with van der Waals surface area (Å²) in [6.07, 6.45) is 4.36. The zero-order chi connectivity index (χ0) is 16.8. The van der Waals surface area contributed by atoms with Crippen molar-refractivity contribution in [3.05, 3.63) is 57.8 Å². The van der Waals surface area contributed by atoms with Gasteiger partial charge in [-0.1, -0.05) is 30.3 Å². The van der Waals surface area contributed by atoms with Gasteiger partial charge in [-0.15, -0.1) is 11.3 Å². The summed E-state index contributed by atoms with van der Waals surface area (Å²) < 4.78 is 0. The fourth-order valence-electron chi connectivity index (χ4n) is 3.38. The van der Waals surface area contributed by atoms with Crippen LogP contribution < -0.4 is 5.32 Å². The Hall–Kier alpha value is -1.65. The normalized spacial score (nSPS) is 18.0. The van der Waals surface area contributed by atoms with Crippen molar-refractivity contribution in [3.8, 4) is 0 Å². The minimum Gasteiger partial charge on any atom is -0.355 e. The molecule has 3 nitrogen and oxygen atoms in total. The average Bonchev–Trinajstić information content (AvgIpc) is 3.21. The van der Waals surface area contributed by atoms with Gasteiger partial charge in [0, 0.05) is 22.3 Å². The highest BCUT2D eigenvalue weighted by atomic mass is 32.1. The largest absolute Gasteiger partial charge is 0.355 e. The predicted octanol–water partition coefficient (Wildman–Crippen LogP) is 3.94. The van der Waals surface area contributed by atoms with E-state index in [1.165, 1.54) is 28.2 Å². The van der Waals surface area contributed by atoms with Crippen molar-refractivity contribution in [2.45, 2.75) is 38.6 Å². The van der Waals surface area contributed by atoms with E-state index in [1.54, 1.807) is 0 Å². The van der Waals surface area contributed by atoms with Gasteiger partial charge in [-0.2, -0.15) is 0 Å². The number of hydrogen-bond acceptors (Lipinski definition) is 3. The van der Waals surface area contributed by atoms with Crippen LogP contribution in [0.2, 0.25) is 0 Å². The molecule has 1 saturated heterocycles. The third-order valence-corrected chi connectivity index (χ3v) is 5.71. The first-order chi connectivity index (χ1) is 11.7. The molecular weight excluding hydrogens is 316 g/mol. The van der Waals surface area contributed by atoms with Crippen LogP contribution >= 0.6 is 11.3 Å². The van der Waals surface area contributed by atoms with Gasteiger partial charge in [-0.25, -0.2) is 0 Å². The summed E-state index contributed by atoms with van der Waals surface area (Å²) in [5.74, 6) is 0.156. The lowest BCUT2D eigenvalue weighted by atomic mass is 10.1. The van der Waals surface area contributed by atoms with E-state index in [0.717, 1.165) is 25.9 Å². The van der Waals surface area contributed by atoms with Gasteiger partial charge in [-0.3, -0.25) is 9.69 Å². The molecule has 1 amide bonds. The Morgan fingerprint density at radius 2 is 2.08 bits per heavy atom. The standard InChI is InChI=1S/C20H26N2OS/c1-16-11-12-19(24-16)18-10-6-14-22(18)15-20(23)21-13-5-9-17-7-3-2-4-8-17/h2-4,7-8,11-12,18H,5-6,9-10,13-15H2,1H3,(H,21,23). The van der Waals surface area contributed by atoms with Gasteiger partial charge in [0.05, 0.1) is 6.54 Å². The second kappa shape index (κ2) is 8.45. The van der Waals surface area contributed by atoms with E-state index in [0.29, 0.717) is 12.6 Å². The van der Waals surface area contributed by atoms with Gasteiger partial charge in [0.1, 0.15) is 0 Å². The Labute approximate surface area is 148 Å². The molecule has 1 aliphatic rings. The van der Waals surface area contributed by atoms with Crippen molar-refractivity contribution >= 4 is 17.2 Å². The van der Waals surface area contributed by atoms with Crippen LogP contribution in [0.15, 0.2) is 42.5 Å². The average molecular weight is 343 g/mol. The van der Waals surface area contributed by atoms with Crippen LogP contribution in [-0.2, 0) is 11.2 Å². The second-order valence-electron chi connectivity index (χ2n) is 6.52. The zero-order valence-electron chi connectivity index (χ0n) is 14.3. The lowest BCUT2D eigenvalue weighted by Gasteiger charge is -2.22. The fraction of sp³-hybridized carbons (Fsp3) is 0.450. The molecule has 1 fully saturated rings. The highest BCUT2D eigenvalue weighted by Crippen LogP contribution is 2.35. The minimum absolute atomic E-state index is 0.156. The topological polar surface area (TPSA) is 32.3 Å². The molecule has 3 rings (SSSR count). The van der Waals surface area contributed by atoms with E-state index in [2.05, 4.69) is 53.5 Å². The van der Waals surface area contributed by atoms with Gasteiger partial charge < -0.3 is 5.32 Å². The first-order valence-corrected chi connectivity index (χ1v) is 9.65. The van der Waals surface area contributed by atoms with Crippen molar-refractivity contribution in [2.24, 2.45) is 0 Å². The molecule has 1 aliphatic heterocycles. The Morgan fingerprint density at radius 1 is 1.25 bits per heavy atom. The molecule has 1 atom stereocenters. The summed E-state index contributed by atoms with van der Waals surface area (Å²) in [5.41, 5.74) is 1.33. The van der Waals surface area contributed by atoms with Gasteiger partial charge in [0.25, 0.3) is 0 Å². The minimum atomic E-state index is 0.156. The maximum absolute atomic E-state index is 12.2. The summed E-state index contributed by atoms with van der Waals surface area (Å²) in [6.45, 7) is 4.45. The molecule has 0 radical (unpaired) electrons. The monoisotopic (exact) mass is 342 g/mol. The number of carbonyl (C=O) groups excluding carboxylic acids is 1. The fourth-order valence-corrected chi connectivity index (χ4v) is 4.42. The molecule has 1 aromatic heterocycles. The van der Waals surface area contributed by atoms with Crippen LogP contribution in [0, 0.1) is 6.92 Å². The van der Waals surface area contributed by atoms with Crippen molar-refractivity contribution < 1.29 is 4.79 Å². The van der Waals surface area contributed by atoms with Gasteiger partial charge >= 0.3 is 0 Å². The van der Waals surface area contributed by atoms with E-state index in [-0.39, 0.29) is 5.91 Å². The molecule has 0 saturated carbocycles. The quantitative estimate of drug-likeness (QED) is 0.773. The summed E-state index contributed by atoms with van der Waals surface area (Å²) in [6, 6.07) is 15.3. The molecule has 0 aliphatic carbocycles. The summed E-state index contributed by atoms with van der Waals surface area (Å²) in [7, 11) is 0. The number of amides is 1. The summed E-state index contributed by atoms with van der Waals surface area (Å²) in [5, 5.41) is 3.08. The van der Waals surface area contributed by atoms with Crippen LogP contribution in [0.3, 0.4) is 0 Å². The van der Waals surface area contributed by atoms with Crippen LogP contribution in [-0.4, -0.2) is 30.4 Å². The molecule has 0 spiro atoms. The molecular formula is C20H26N2OS. The lowest BCUT2D eigenvalue weighted by Crippen LogP contribution is -2.37. The molecule has 24 heavy (non-hydrogen) atoms. The van der Waals surface area contributed by atoms with Crippen LogP contribution in [0.1, 0.15) is 40.6 Å². The third-order valence-electron chi connectivity index (χ3n) is 4.61. The highest BCUT2D eigenvalue weighted by molar-refractivity contribution is 7.12. The van der Waals surface area contributed by atoms with Gasteiger partial charge in [0.2, 0.25) is 5.91 Å². The maximum Gasteiger partial charge on any atom is 0.234 e. The van der Waals surface area contributed by atoms with E-state index < -0.39 is 0 Å². The van der Waals surface area contributed by atoms with Crippen LogP contribution in [0.25, 0.3) is 0 Å². The first kappa shape index (κ1) is 17.2. The van der Waals surface area contributed by atoms with E-state index in [1.807, 2.05) is 17.4 Å². The first-order valence-electron chi connectivity index (χ1n) is 8.83. The lowest BCUT2D eigenvalue weighted by molar-refractivity contribution is -0.122. The third kappa shape index (κ3) is 4.68. The molecule has 0 bridgehead atoms. The van der Waals surface area contributed by atoms with E-state index >= 15 is 0 Å². The van der Waals surface area contributed by atoms with Gasteiger partial charge in [-0.05, 0) is 56.8 Å². The number of nitrogens with zero attached hydrogens (tertiary/aromatic N) is 1. The van der Waals surface area contributed by atoms with E-state index in [9.17, 15) is 4.79 Å². The van der Waals surface area contributed by atoms with E-state index in [4.69, 9.17) is 0 Å². The summed E-state index contributed by atoms with van der Waals surface area (Å²) >= 11 is 1.86. The SMILES string of the molecule is Cc1ccc(C2CCCN2CC(=O)NCCCc2ccccc2)s1. The number of nitrogens with one attached hydrogen (secondary N) is 1. The Morgan fingerprint density at radius 3 is 2.83 bits per heavy atom. The molecule has 1 N–H and O–H groups in total. The Bertz CT molecular complexity index is 653. The Kier molecular flexibility index (Phi) is 6.05. The van der Waals surface area contributed by atoms with Crippen molar-refractivity contribution in [2.75, 3.05) is 19.6 Å². The second-order valence-corrected chi connectivity index (χ2v) is 7.84. The van der Waals surface area contributed by atoms with Crippen LogP contribution in [0.4, 0.5) is 0 Å². The van der Waals surface area contributed by atoms with Crippen LogP contribution in [0.5, 0.6) is 0 Å².